The number of carbonyl (C=O) groups is 1. The number of para-hydroxylation sites is 1. The van der Waals surface area contributed by atoms with Crippen LogP contribution in [0.2, 0.25) is 0 Å². The second-order valence-corrected chi connectivity index (χ2v) is 6.35. The van der Waals surface area contributed by atoms with Gasteiger partial charge in [0.05, 0.1) is 18.5 Å². The molecule has 134 valence electrons. The zero-order valence-electron chi connectivity index (χ0n) is 14.7. The summed E-state index contributed by atoms with van der Waals surface area (Å²) in [5, 5.41) is 13.1. The van der Waals surface area contributed by atoms with Crippen molar-refractivity contribution in [1.82, 2.24) is 0 Å². The van der Waals surface area contributed by atoms with Gasteiger partial charge in [-0.05, 0) is 23.3 Å². The van der Waals surface area contributed by atoms with Crippen molar-refractivity contribution in [3.8, 4) is 33.8 Å². The summed E-state index contributed by atoms with van der Waals surface area (Å²) in [6.07, 6.45) is 0. The molecule has 1 heterocycles. The number of phenols is 1. The summed E-state index contributed by atoms with van der Waals surface area (Å²) in [4.78, 5) is 11.8. The number of nitrogen functional groups attached to an aromatic ring is 1. The molecule has 0 fully saturated rings. The minimum atomic E-state index is -0.245. The van der Waals surface area contributed by atoms with E-state index in [1.165, 1.54) is 0 Å². The summed E-state index contributed by atoms with van der Waals surface area (Å²) in [5.41, 5.74) is 11.7. The second-order valence-electron chi connectivity index (χ2n) is 6.35. The Morgan fingerprint density at radius 1 is 1.00 bits per heavy atom. The molecule has 0 aliphatic carbocycles. The first-order valence-corrected chi connectivity index (χ1v) is 8.40. The maximum atomic E-state index is 11.8. The monoisotopic (exact) mass is 358 g/mol. The Balaban J connectivity index is 1.74. The molecule has 4 N–H and O–H groups in total. The Kier molecular flexibility index (Phi) is 3.85. The van der Waals surface area contributed by atoms with Crippen molar-refractivity contribution < 1.29 is 14.6 Å². The van der Waals surface area contributed by atoms with Crippen molar-refractivity contribution >= 4 is 22.9 Å². The minimum Gasteiger partial charge on any atom is -0.507 e. The predicted molar refractivity (Wildman–Crippen MR) is 108 cm³/mol. The molecule has 0 radical (unpaired) electrons. The van der Waals surface area contributed by atoms with E-state index in [1.54, 1.807) is 19.2 Å². The quantitative estimate of drug-likeness (QED) is 0.482. The molecule has 0 unspecified atom stereocenters. The van der Waals surface area contributed by atoms with Crippen molar-refractivity contribution in [2.75, 3.05) is 18.2 Å². The van der Waals surface area contributed by atoms with E-state index in [0.717, 1.165) is 16.7 Å². The van der Waals surface area contributed by atoms with Gasteiger partial charge in [-0.25, -0.2) is 0 Å². The zero-order valence-corrected chi connectivity index (χ0v) is 14.7. The molecule has 5 heteroatoms. The molecule has 0 atom stereocenters. The van der Waals surface area contributed by atoms with Gasteiger partial charge in [0.1, 0.15) is 11.5 Å². The third kappa shape index (κ3) is 2.69. The number of ether oxygens (including phenoxy) is 1. The van der Waals surface area contributed by atoms with Crippen LogP contribution in [-0.2, 0) is 4.79 Å². The standard InChI is InChI=1S/C22H18N2O3/c1-12-16-10-17(19(25)11-18(16)24-22(12)26)14-8-6-13(7-9-14)15-4-3-5-20(27-2)21(15)23/h3-11,25H,1,23H2,2H3,(H,24,26). The fraction of sp³-hybridized carbons (Fsp3) is 0.0455. The van der Waals surface area contributed by atoms with Crippen molar-refractivity contribution in [1.29, 1.82) is 0 Å². The first-order valence-electron chi connectivity index (χ1n) is 8.40. The number of hydrogen-bond acceptors (Lipinski definition) is 4. The number of nitrogens with two attached hydrogens (primary N) is 1. The van der Waals surface area contributed by atoms with E-state index in [2.05, 4.69) is 11.9 Å². The van der Waals surface area contributed by atoms with Crippen LogP contribution in [0.4, 0.5) is 11.4 Å². The van der Waals surface area contributed by atoms with E-state index in [0.29, 0.717) is 33.8 Å². The highest BCUT2D eigenvalue weighted by atomic mass is 16.5. The number of fused-ring (bicyclic) bond motifs is 1. The molecule has 0 aromatic heterocycles. The van der Waals surface area contributed by atoms with E-state index in [1.807, 2.05) is 42.5 Å². The average molecular weight is 358 g/mol. The van der Waals surface area contributed by atoms with Gasteiger partial charge in [0.15, 0.2) is 0 Å². The summed E-state index contributed by atoms with van der Waals surface area (Å²) in [6, 6.07) is 16.6. The lowest BCUT2D eigenvalue weighted by atomic mass is 9.96. The number of amides is 1. The second kappa shape index (κ2) is 6.21. The largest absolute Gasteiger partial charge is 0.507 e. The molecule has 1 aliphatic heterocycles. The van der Waals surface area contributed by atoms with Gasteiger partial charge in [-0.15, -0.1) is 0 Å². The summed E-state index contributed by atoms with van der Waals surface area (Å²) in [7, 11) is 1.59. The smallest absolute Gasteiger partial charge is 0.255 e. The van der Waals surface area contributed by atoms with Crippen LogP contribution in [0.5, 0.6) is 11.5 Å². The molecule has 0 saturated carbocycles. The predicted octanol–water partition coefficient (Wildman–Crippen LogP) is 4.28. The fourth-order valence-corrected chi connectivity index (χ4v) is 3.30. The zero-order chi connectivity index (χ0) is 19.1. The lowest BCUT2D eigenvalue weighted by molar-refractivity contribution is -0.110. The van der Waals surface area contributed by atoms with Crippen molar-refractivity contribution in [2.24, 2.45) is 0 Å². The highest BCUT2D eigenvalue weighted by molar-refractivity contribution is 6.31. The third-order valence-electron chi connectivity index (χ3n) is 4.78. The van der Waals surface area contributed by atoms with Gasteiger partial charge < -0.3 is 20.9 Å². The van der Waals surface area contributed by atoms with Gasteiger partial charge in [-0.2, -0.15) is 0 Å². The Morgan fingerprint density at radius 3 is 2.33 bits per heavy atom. The van der Waals surface area contributed by atoms with E-state index in [9.17, 15) is 9.90 Å². The van der Waals surface area contributed by atoms with Gasteiger partial charge in [0.25, 0.3) is 5.91 Å². The number of benzene rings is 3. The van der Waals surface area contributed by atoms with Crippen molar-refractivity contribution in [3.63, 3.8) is 0 Å². The Hall–Kier alpha value is -3.73. The topological polar surface area (TPSA) is 84.6 Å². The number of carbonyl (C=O) groups excluding carboxylic acids is 1. The lowest BCUT2D eigenvalue weighted by Crippen LogP contribution is -2.02. The summed E-state index contributed by atoms with van der Waals surface area (Å²) >= 11 is 0. The van der Waals surface area contributed by atoms with Crippen LogP contribution >= 0.6 is 0 Å². The van der Waals surface area contributed by atoms with Crippen LogP contribution in [0, 0.1) is 0 Å². The first-order chi connectivity index (χ1) is 13.0. The molecule has 27 heavy (non-hydrogen) atoms. The Bertz CT molecular complexity index is 1090. The highest BCUT2D eigenvalue weighted by Gasteiger charge is 2.24. The molecule has 1 aliphatic rings. The molecule has 5 nitrogen and oxygen atoms in total. The fourth-order valence-electron chi connectivity index (χ4n) is 3.30. The normalized spacial score (nSPS) is 12.6. The molecule has 0 spiro atoms. The van der Waals surface area contributed by atoms with Gasteiger partial charge in [-0.1, -0.05) is 43.0 Å². The molecule has 0 saturated heterocycles. The third-order valence-corrected chi connectivity index (χ3v) is 4.78. The number of phenolic OH excluding ortho intramolecular Hbond substituents is 1. The maximum absolute atomic E-state index is 11.8. The summed E-state index contributed by atoms with van der Waals surface area (Å²) in [6.45, 7) is 3.80. The summed E-state index contributed by atoms with van der Waals surface area (Å²) in [5.74, 6) is 0.478. The minimum absolute atomic E-state index is 0.0948. The average Bonchev–Trinajstić information content (AvgIpc) is 2.95. The van der Waals surface area contributed by atoms with E-state index >= 15 is 0 Å². The van der Waals surface area contributed by atoms with Gasteiger partial charge in [0.2, 0.25) is 0 Å². The maximum Gasteiger partial charge on any atom is 0.255 e. The van der Waals surface area contributed by atoms with Crippen LogP contribution < -0.4 is 15.8 Å². The number of anilines is 2. The molecular weight excluding hydrogens is 340 g/mol. The lowest BCUT2D eigenvalue weighted by Gasteiger charge is -2.12. The SMILES string of the molecule is C=C1C(=O)Nc2cc(O)c(-c3ccc(-c4cccc(OC)c4N)cc3)cc21. The van der Waals surface area contributed by atoms with E-state index in [-0.39, 0.29) is 11.7 Å². The Labute approximate surface area is 156 Å². The molecule has 3 aromatic carbocycles. The van der Waals surface area contributed by atoms with Crippen molar-refractivity contribution in [2.45, 2.75) is 0 Å². The number of methoxy groups -OCH3 is 1. The number of rotatable bonds is 3. The van der Waals surface area contributed by atoms with Crippen molar-refractivity contribution in [3.05, 3.63) is 66.7 Å². The van der Waals surface area contributed by atoms with Crippen LogP contribution in [0.25, 0.3) is 27.8 Å². The van der Waals surface area contributed by atoms with E-state index < -0.39 is 0 Å². The van der Waals surface area contributed by atoms with Crippen LogP contribution in [0.1, 0.15) is 5.56 Å². The van der Waals surface area contributed by atoms with Crippen LogP contribution in [0.15, 0.2) is 61.2 Å². The number of nitrogens with one attached hydrogen (secondary N) is 1. The van der Waals surface area contributed by atoms with Gasteiger partial charge in [-0.3, -0.25) is 4.79 Å². The van der Waals surface area contributed by atoms with Gasteiger partial charge >= 0.3 is 0 Å². The number of aromatic hydroxyl groups is 1. The van der Waals surface area contributed by atoms with Gasteiger partial charge in [0, 0.05) is 28.3 Å². The first kappa shape index (κ1) is 16.7. The number of hydrogen-bond donors (Lipinski definition) is 3. The van der Waals surface area contributed by atoms with Crippen LogP contribution in [0.3, 0.4) is 0 Å². The molecule has 0 bridgehead atoms. The van der Waals surface area contributed by atoms with E-state index in [4.69, 9.17) is 10.5 Å². The summed E-state index contributed by atoms with van der Waals surface area (Å²) < 4.78 is 5.28. The highest BCUT2D eigenvalue weighted by Crippen LogP contribution is 2.41. The molecule has 1 amide bonds. The Morgan fingerprint density at radius 2 is 1.67 bits per heavy atom. The molecule has 4 rings (SSSR count). The molecule has 3 aromatic rings. The molecular formula is C22H18N2O3. The van der Waals surface area contributed by atoms with Crippen LogP contribution in [-0.4, -0.2) is 18.1 Å².